The zero-order valence-electron chi connectivity index (χ0n) is 10.5. The van der Waals surface area contributed by atoms with E-state index >= 15 is 0 Å². The molecule has 0 heterocycles. The van der Waals surface area contributed by atoms with E-state index in [0.29, 0.717) is 12.3 Å². The largest absolute Gasteiger partial charge is 0.467 e. The number of benzene rings is 1. The molecule has 1 N–H and O–H groups in total. The molecule has 0 radical (unpaired) electrons. The molecule has 17 heavy (non-hydrogen) atoms. The first-order chi connectivity index (χ1) is 8.21. The third kappa shape index (κ3) is 3.01. The summed E-state index contributed by atoms with van der Waals surface area (Å²) in [7, 11) is 1.43. The van der Waals surface area contributed by atoms with Gasteiger partial charge in [-0.25, -0.2) is 4.79 Å². The molecule has 0 saturated carbocycles. The van der Waals surface area contributed by atoms with Crippen molar-refractivity contribution in [2.45, 2.75) is 12.5 Å². The molecule has 0 amide bonds. The highest BCUT2D eigenvalue weighted by atomic mass is 32.2. The van der Waals surface area contributed by atoms with Gasteiger partial charge in [-0.15, -0.1) is 0 Å². The Bertz CT molecular complexity index is 348. The first-order valence-corrected chi connectivity index (χ1v) is 6.98. The molecule has 0 saturated heterocycles. The van der Waals surface area contributed by atoms with Crippen molar-refractivity contribution in [3.63, 3.8) is 0 Å². The lowest BCUT2D eigenvalue weighted by molar-refractivity contribution is -0.148. The van der Waals surface area contributed by atoms with Crippen molar-refractivity contribution in [2.75, 3.05) is 25.7 Å². The summed E-state index contributed by atoms with van der Waals surface area (Å²) in [6.45, 7) is 2.70. The molecule has 0 aliphatic rings. The number of thioether (sulfide) groups is 1. The van der Waals surface area contributed by atoms with Crippen LogP contribution in [0.25, 0.3) is 0 Å². The van der Waals surface area contributed by atoms with Crippen LogP contribution in [0.5, 0.6) is 0 Å². The Morgan fingerprint density at radius 1 is 1.41 bits per heavy atom. The van der Waals surface area contributed by atoms with E-state index in [4.69, 9.17) is 4.74 Å². The van der Waals surface area contributed by atoms with E-state index < -0.39 is 5.54 Å². The van der Waals surface area contributed by atoms with Crippen molar-refractivity contribution < 1.29 is 9.53 Å². The summed E-state index contributed by atoms with van der Waals surface area (Å²) in [5.74, 6) is 0.414. The molecule has 0 aromatic heterocycles. The van der Waals surface area contributed by atoms with Crippen LogP contribution in [0, 0.1) is 0 Å². The molecule has 1 rings (SSSR count). The van der Waals surface area contributed by atoms with Crippen LogP contribution in [0.15, 0.2) is 30.3 Å². The molecule has 1 unspecified atom stereocenters. The molecular weight excluding hydrogens is 234 g/mol. The number of hydrogen-bond acceptors (Lipinski definition) is 4. The van der Waals surface area contributed by atoms with Crippen molar-refractivity contribution in [3.8, 4) is 0 Å². The van der Waals surface area contributed by atoms with Crippen LogP contribution < -0.4 is 5.32 Å². The lowest BCUT2D eigenvalue weighted by Crippen LogP contribution is -2.52. The van der Waals surface area contributed by atoms with Crippen LogP contribution in [-0.2, 0) is 15.1 Å². The Morgan fingerprint density at radius 2 is 2.06 bits per heavy atom. The summed E-state index contributed by atoms with van der Waals surface area (Å²) in [6, 6.07) is 9.72. The Kier molecular flexibility index (Phi) is 5.51. The van der Waals surface area contributed by atoms with Gasteiger partial charge in [0.25, 0.3) is 0 Å². The minimum Gasteiger partial charge on any atom is -0.467 e. The monoisotopic (exact) mass is 253 g/mol. The Balaban J connectivity index is 3.19. The van der Waals surface area contributed by atoms with Gasteiger partial charge in [-0.1, -0.05) is 37.3 Å². The normalized spacial score (nSPS) is 14.1. The quantitative estimate of drug-likeness (QED) is 0.787. The van der Waals surface area contributed by atoms with Crippen LogP contribution in [-0.4, -0.2) is 31.6 Å². The molecule has 1 aromatic carbocycles. The predicted molar refractivity (Wildman–Crippen MR) is 72.2 cm³/mol. The van der Waals surface area contributed by atoms with Gasteiger partial charge in [-0.05, 0) is 18.4 Å². The number of ether oxygens (including phenoxy) is 1. The molecule has 0 aliphatic carbocycles. The predicted octanol–water partition coefficient (Wildman–Crippen LogP) is 2.03. The summed E-state index contributed by atoms with van der Waals surface area (Å²) in [5, 5.41) is 3.27. The summed E-state index contributed by atoms with van der Waals surface area (Å²) in [5.41, 5.74) is 0.201. The van der Waals surface area contributed by atoms with Gasteiger partial charge in [0.15, 0.2) is 5.54 Å². The van der Waals surface area contributed by atoms with Gasteiger partial charge in [-0.3, -0.25) is 5.32 Å². The molecular formula is C13H19NO2S. The lowest BCUT2D eigenvalue weighted by atomic mass is 9.91. The van der Waals surface area contributed by atoms with Crippen molar-refractivity contribution >= 4 is 17.7 Å². The Labute approximate surface area is 107 Å². The summed E-state index contributed by atoms with van der Waals surface area (Å²) in [6.07, 6.45) is 1.98. The number of likely N-dealkylation sites (N-methyl/N-ethyl adjacent to an activating group) is 1. The average Bonchev–Trinajstić information content (AvgIpc) is 2.38. The fourth-order valence-corrected chi connectivity index (χ4v) is 2.72. The summed E-state index contributed by atoms with van der Waals surface area (Å²) in [4.78, 5) is 12.1. The highest BCUT2D eigenvalue weighted by Crippen LogP contribution is 2.26. The van der Waals surface area contributed by atoms with E-state index in [-0.39, 0.29) is 5.97 Å². The number of carbonyl (C=O) groups is 1. The van der Waals surface area contributed by atoms with Crippen molar-refractivity contribution in [1.29, 1.82) is 0 Å². The highest BCUT2D eigenvalue weighted by molar-refractivity contribution is 7.98. The summed E-state index contributed by atoms with van der Waals surface area (Å²) >= 11 is 1.62. The van der Waals surface area contributed by atoms with Crippen LogP contribution in [0.4, 0.5) is 0 Å². The number of methoxy groups -OCH3 is 1. The molecule has 0 spiro atoms. The van der Waals surface area contributed by atoms with Crippen LogP contribution in [0.2, 0.25) is 0 Å². The van der Waals surface area contributed by atoms with Gasteiger partial charge in [0.05, 0.1) is 7.11 Å². The molecule has 0 aliphatic heterocycles. The van der Waals surface area contributed by atoms with Crippen LogP contribution in [0.1, 0.15) is 12.5 Å². The number of rotatable bonds is 6. The van der Waals surface area contributed by atoms with Crippen LogP contribution >= 0.6 is 11.8 Å². The van der Waals surface area contributed by atoms with Gasteiger partial charge < -0.3 is 4.74 Å². The van der Waals surface area contributed by atoms with Gasteiger partial charge in [0, 0.05) is 5.75 Å². The standard InChI is InChI=1S/C13H19NO2S/c1-4-14-13(10-17-3,12(15)16-2)11-8-6-5-7-9-11/h5-9,14H,4,10H2,1-3H3. The third-order valence-electron chi connectivity index (χ3n) is 2.64. The van der Waals surface area contributed by atoms with Gasteiger partial charge >= 0.3 is 5.97 Å². The maximum Gasteiger partial charge on any atom is 0.331 e. The second-order valence-electron chi connectivity index (χ2n) is 3.73. The zero-order chi connectivity index (χ0) is 12.7. The minimum absolute atomic E-state index is 0.236. The molecule has 0 bridgehead atoms. The maximum atomic E-state index is 12.1. The van der Waals surface area contributed by atoms with E-state index in [1.54, 1.807) is 11.8 Å². The third-order valence-corrected chi connectivity index (χ3v) is 3.36. The molecule has 94 valence electrons. The van der Waals surface area contributed by atoms with Crippen molar-refractivity contribution in [1.82, 2.24) is 5.32 Å². The Morgan fingerprint density at radius 3 is 2.53 bits per heavy atom. The van der Waals surface area contributed by atoms with E-state index in [1.807, 2.05) is 43.5 Å². The second-order valence-corrected chi connectivity index (χ2v) is 4.59. The second kappa shape index (κ2) is 6.67. The maximum absolute atomic E-state index is 12.1. The molecule has 0 fully saturated rings. The van der Waals surface area contributed by atoms with Crippen molar-refractivity contribution in [3.05, 3.63) is 35.9 Å². The minimum atomic E-state index is -0.746. The SMILES string of the molecule is CCNC(CSC)(C(=O)OC)c1ccccc1. The first kappa shape index (κ1) is 14.1. The van der Waals surface area contributed by atoms with E-state index in [1.165, 1.54) is 7.11 Å². The number of carbonyl (C=O) groups excluding carboxylic acids is 1. The summed E-state index contributed by atoms with van der Waals surface area (Å²) < 4.78 is 4.96. The van der Waals surface area contributed by atoms with Gasteiger partial charge in [-0.2, -0.15) is 11.8 Å². The van der Waals surface area contributed by atoms with E-state index in [2.05, 4.69) is 5.32 Å². The highest BCUT2D eigenvalue weighted by Gasteiger charge is 2.40. The number of hydrogen-bond donors (Lipinski definition) is 1. The molecule has 1 atom stereocenters. The Hall–Kier alpha value is -1.00. The number of esters is 1. The topological polar surface area (TPSA) is 38.3 Å². The number of nitrogens with one attached hydrogen (secondary N) is 1. The van der Waals surface area contributed by atoms with Crippen molar-refractivity contribution in [2.24, 2.45) is 0 Å². The zero-order valence-corrected chi connectivity index (χ0v) is 11.3. The van der Waals surface area contributed by atoms with Gasteiger partial charge in [0.2, 0.25) is 0 Å². The van der Waals surface area contributed by atoms with Crippen LogP contribution in [0.3, 0.4) is 0 Å². The smallest absolute Gasteiger partial charge is 0.331 e. The molecule has 4 heteroatoms. The van der Waals surface area contributed by atoms with E-state index in [0.717, 1.165) is 5.56 Å². The lowest BCUT2D eigenvalue weighted by Gasteiger charge is -2.31. The first-order valence-electron chi connectivity index (χ1n) is 5.59. The molecule has 3 nitrogen and oxygen atoms in total. The van der Waals surface area contributed by atoms with Gasteiger partial charge in [0.1, 0.15) is 0 Å². The average molecular weight is 253 g/mol. The van der Waals surface area contributed by atoms with E-state index in [9.17, 15) is 4.79 Å². The fourth-order valence-electron chi connectivity index (χ4n) is 1.90. The fraction of sp³-hybridized carbons (Fsp3) is 0.462. The molecule has 1 aromatic rings.